The fourth-order valence-electron chi connectivity index (χ4n) is 2.96. The van der Waals surface area contributed by atoms with Gasteiger partial charge in [-0.15, -0.1) is 0 Å². The summed E-state index contributed by atoms with van der Waals surface area (Å²) in [6, 6.07) is 17.0. The van der Waals surface area contributed by atoms with Gasteiger partial charge in [-0.05, 0) is 66.7 Å². The van der Waals surface area contributed by atoms with Crippen LogP contribution in [0, 0.1) is 5.82 Å². The molecule has 0 saturated carbocycles. The molecule has 0 saturated heterocycles. The molecule has 0 aliphatic carbocycles. The van der Waals surface area contributed by atoms with Crippen LogP contribution in [0.3, 0.4) is 0 Å². The predicted octanol–water partition coefficient (Wildman–Crippen LogP) is 5.18. The molecular formula is C23H16ClFN4O3. The van der Waals surface area contributed by atoms with Crippen molar-refractivity contribution in [3.8, 4) is 22.7 Å². The topological polar surface area (TPSA) is 99.7 Å². The molecule has 0 aliphatic heterocycles. The largest absolute Gasteiger partial charge is 0.508 e. The molecule has 0 atom stereocenters. The molecular weight excluding hydrogens is 435 g/mol. The Balaban J connectivity index is 1.68. The molecule has 0 spiro atoms. The number of rotatable bonds is 6. The zero-order valence-corrected chi connectivity index (χ0v) is 17.2. The van der Waals surface area contributed by atoms with Crippen LogP contribution in [0.5, 0.6) is 5.75 Å². The Morgan fingerprint density at radius 3 is 2.47 bits per heavy atom. The van der Waals surface area contributed by atoms with E-state index >= 15 is 0 Å². The minimum absolute atomic E-state index is 0.0207. The summed E-state index contributed by atoms with van der Waals surface area (Å²) >= 11 is 5.79. The number of hydrogen-bond acceptors (Lipinski definition) is 5. The molecule has 3 aromatic carbocycles. The fourth-order valence-corrected chi connectivity index (χ4v) is 3.14. The van der Waals surface area contributed by atoms with Crippen LogP contribution in [0.4, 0.5) is 10.1 Å². The number of phenolic OH excluding ortho intramolecular Hbond substituents is 1. The highest BCUT2D eigenvalue weighted by atomic mass is 35.5. The summed E-state index contributed by atoms with van der Waals surface area (Å²) < 4.78 is 14.9. The van der Waals surface area contributed by atoms with Crippen molar-refractivity contribution in [3.63, 3.8) is 0 Å². The van der Waals surface area contributed by atoms with Crippen LogP contribution < -0.4 is 5.43 Å². The number of benzene rings is 3. The number of hydrazone groups is 1. The Kier molecular flexibility index (Phi) is 5.87. The van der Waals surface area contributed by atoms with Gasteiger partial charge in [0, 0.05) is 17.3 Å². The van der Waals surface area contributed by atoms with Gasteiger partial charge in [0.2, 0.25) is 0 Å². The van der Waals surface area contributed by atoms with Crippen molar-refractivity contribution in [2.75, 3.05) is 5.43 Å². The van der Waals surface area contributed by atoms with Crippen LogP contribution in [-0.2, 0) is 0 Å². The Morgan fingerprint density at radius 2 is 1.81 bits per heavy atom. The first-order valence-corrected chi connectivity index (χ1v) is 9.75. The summed E-state index contributed by atoms with van der Waals surface area (Å²) in [4.78, 5) is 11.1. The molecule has 3 N–H and O–H groups in total. The number of halogens is 2. The molecule has 160 valence electrons. The third kappa shape index (κ3) is 4.60. The van der Waals surface area contributed by atoms with Gasteiger partial charge in [-0.25, -0.2) is 13.9 Å². The number of aromatic nitrogens is 2. The van der Waals surface area contributed by atoms with E-state index in [1.165, 1.54) is 30.3 Å². The predicted molar refractivity (Wildman–Crippen MR) is 120 cm³/mol. The average Bonchev–Trinajstić information content (AvgIpc) is 3.21. The molecule has 1 heterocycles. The molecule has 0 bridgehead atoms. The molecule has 9 heteroatoms. The van der Waals surface area contributed by atoms with Crippen LogP contribution in [0.15, 0.2) is 78.0 Å². The van der Waals surface area contributed by atoms with E-state index in [1.54, 1.807) is 53.5 Å². The normalized spacial score (nSPS) is 11.1. The van der Waals surface area contributed by atoms with Gasteiger partial charge in [-0.2, -0.15) is 10.2 Å². The highest BCUT2D eigenvalue weighted by molar-refractivity contribution is 6.31. The third-order valence-corrected chi connectivity index (χ3v) is 4.87. The second-order valence-corrected chi connectivity index (χ2v) is 7.18. The van der Waals surface area contributed by atoms with Gasteiger partial charge in [-0.3, -0.25) is 5.43 Å². The van der Waals surface area contributed by atoms with Gasteiger partial charge in [-0.1, -0.05) is 11.6 Å². The molecule has 0 aliphatic rings. The number of carboxylic acid groups (broad SMARTS) is 1. The first-order chi connectivity index (χ1) is 15.4. The standard InChI is InChI=1S/C23H16ClFN4O3/c24-20-11-17(5-10-21(20)25)27-26-12-16-13-29(18-6-1-15(2-7-18)23(31)32)28-22(16)14-3-8-19(30)9-4-14/h1-13,27,30H,(H,31,32)/b26-12+. The van der Waals surface area contributed by atoms with Crippen LogP contribution in [-0.4, -0.2) is 32.2 Å². The van der Waals surface area contributed by atoms with Crippen LogP contribution in [0.2, 0.25) is 5.02 Å². The zero-order chi connectivity index (χ0) is 22.7. The molecule has 0 radical (unpaired) electrons. The number of aromatic carboxylic acids is 1. The van der Waals surface area contributed by atoms with E-state index in [1.807, 2.05) is 0 Å². The van der Waals surface area contributed by atoms with Crippen molar-refractivity contribution in [2.24, 2.45) is 5.10 Å². The maximum Gasteiger partial charge on any atom is 0.335 e. The summed E-state index contributed by atoms with van der Waals surface area (Å²) in [5.41, 5.74) is 6.12. The van der Waals surface area contributed by atoms with E-state index in [-0.39, 0.29) is 16.3 Å². The molecule has 7 nitrogen and oxygen atoms in total. The van der Waals surface area contributed by atoms with Crippen LogP contribution in [0.1, 0.15) is 15.9 Å². The van der Waals surface area contributed by atoms with Gasteiger partial charge in [0.05, 0.1) is 28.2 Å². The smallest absolute Gasteiger partial charge is 0.335 e. The monoisotopic (exact) mass is 450 g/mol. The molecule has 1 aromatic heterocycles. The van der Waals surface area contributed by atoms with Crippen LogP contribution in [0.25, 0.3) is 16.9 Å². The molecule has 4 rings (SSSR count). The van der Waals surface area contributed by atoms with Crippen molar-refractivity contribution in [1.82, 2.24) is 9.78 Å². The Labute approximate surface area is 187 Å². The number of nitrogens with zero attached hydrogens (tertiary/aromatic N) is 3. The lowest BCUT2D eigenvalue weighted by Gasteiger charge is -2.02. The number of carbonyl (C=O) groups is 1. The lowest BCUT2D eigenvalue weighted by molar-refractivity contribution is 0.0697. The fraction of sp³-hybridized carbons (Fsp3) is 0. The quantitative estimate of drug-likeness (QED) is 0.277. The number of hydrogen-bond donors (Lipinski definition) is 3. The average molecular weight is 451 g/mol. The SMILES string of the molecule is O=C(O)c1ccc(-n2cc(/C=N/Nc3ccc(F)c(Cl)c3)c(-c3ccc(O)cc3)n2)cc1. The number of nitrogens with one attached hydrogen (secondary N) is 1. The molecule has 0 amide bonds. The van der Waals surface area contributed by atoms with Gasteiger partial charge in [0.15, 0.2) is 0 Å². The van der Waals surface area contributed by atoms with E-state index < -0.39 is 11.8 Å². The van der Waals surface area contributed by atoms with Crippen molar-refractivity contribution in [3.05, 3.63) is 94.9 Å². The minimum Gasteiger partial charge on any atom is -0.508 e. The van der Waals surface area contributed by atoms with Crippen molar-refractivity contribution in [2.45, 2.75) is 0 Å². The molecule has 0 fully saturated rings. The van der Waals surface area contributed by atoms with E-state index in [0.717, 1.165) is 5.56 Å². The molecule has 0 unspecified atom stereocenters. The Morgan fingerprint density at radius 1 is 1.09 bits per heavy atom. The minimum atomic E-state index is -1.01. The van der Waals surface area contributed by atoms with E-state index in [0.29, 0.717) is 22.6 Å². The van der Waals surface area contributed by atoms with Gasteiger partial charge in [0.25, 0.3) is 0 Å². The number of phenols is 1. The lowest BCUT2D eigenvalue weighted by Crippen LogP contribution is -1.98. The van der Waals surface area contributed by atoms with Crippen molar-refractivity contribution in [1.29, 1.82) is 0 Å². The maximum atomic E-state index is 13.3. The highest BCUT2D eigenvalue weighted by Crippen LogP contribution is 2.25. The van der Waals surface area contributed by atoms with Crippen LogP contribution >= 0.6 is 11.6 Å². The molecule has 4 aromatic rings. The summed E-state index contributed by atoms with van der Waals surface area (Å²) in [6.07, 6.45) is 3.29. The summed E-state index contributed by atoms with van der Waals surface area (Å²) in [7, 11) is 0. The number of anilines is 1. The second-order valence-electron chi connectivity index (χ2n) is 6.78. The third-order valence-electron chi connectivity index (χ3n) is 4.58. The summed E-state index contributed by atoms with van der Waals surface area (Å²) in [6.45, 7) is 0. The van der Waals surface area contributed by atoms with E-state index in [2.05, 4.69) is 15.6 Å². The van der Waals surface area contributed by atoms with Gasteiger partial charge >= 0.3 is 5.97 Å². The highest BCUT2D eigenvalue weighted by Gasteiger charge is 2.12. The zero-order valence-electron chi connectivity index (χ0n) is 16.4. The van der Waals surface area contributed by atoms with E-state index in [4.69, 9.17) is 16.7 Å². The lowest BCUT2D eigenvalue weighted by atomic mass is 10.1. The molecule has 32 heavy (non-hydrogen) atoms. The summed E-state index contributed by atoms with van der Waals surface area (Å²) in [5.74, 6) is -1.41. The van der Waals surface area contributed by atoms with Crippen molar-refractivity contribution >= 4 is 29.5 Å². The van der Waals surface area contributed by atoms with Crippen molar-refractivity contribution < 1.29 is 19.4 Å². The Bertz CT molecular complexity index is 1300. The Hall–Kier alpha value is -4.17. The number of carboxylic acids is 1. The van der Waals surface area contributed by atoms with E-state index in [9.17, 15) is 14.3 Å². The second kappa shape index (κ2) is 8.91. The summed E-state index contributed by atoms with van der Waals surface area (Å²) in [5, 5.41) is 27.5. The number of aromatic hydroxyl groups is 1. The maximum absolute atomic E-state index is 13.3. The van der Waals surface area contributed by atoms with Gasteiger partial charge in [0.1, 0.15) is 17.3 Å². The van der Waals surface area contributed by atoms with Gasteiger partial charge < -0.3 is 10.2 Å². The first-order valence-electron chi connectivity index (χ1n) is 9.37. The first kappa shape index (κ1) is 21.1.